The second-order valence-electron chi connectivity index (χ2n) is 8.70. The van der Waals surface area contributed by atoms with Crippen LogP contribution in [0.4, 0.5) is 4.79 Å². The lowest BCUT2D eigenvalue weighted by Crippen LogP contribution is -2.61. The Morgan fingerprint density at radius 3 is 2.34 bits per heavy atom. The summed E-state index contributed by atoms with van der Waals surface area (Å²) in [6.07, 6.45) is -0.803. The van der Waals surface area contributed by atoms with Crippen LogP contribution in [0.15, 0.2) is 48.5 Å². The van der Waals surface area contributed by atoms with Crippen LogP contribution in [0.2, 0.25) is 0 Å². The molecule has 1 heterocycles. The molecule has 1 aliphatic heterocycles. The zero-order valence-corrected chi connectivity index (χ0v) is 19.5. The summed E-state index contributed by atoms with van der Waals surface area (Å²) in [4.78, 5) is 50.7. The van der Waals surface area contributed by atoms with Crippen LogP contribution in [0.5, 0.6) is 0 Å². The molecule has 0 saturated carbocycles. The first-order chi connectivity index (χ1) is 16.9. The SMILES string of the molecule is CCC1C(=O)NCCN1C(=O)C(CCC(=O)O)NC(=O)OCC1c2ccccc2-c2ccccc21. The van der Waals surface area contributed by atoms with E-state index >= 15 is 0 Å². The second-order valence-corrected chi connectivity index (χ2v) is 8.70. The molecule has 9 nitrogen and oxygen atoms in total. The highest BCUT2D eigenvalue weighted by Gasteiger charge is 2.36. The fourth-order valence-corrected chi connectivity index (χ4v) is 4.89. The molecule has 2 aliphatic rings. The molecule has 0 bridgehead atoms. The highest BCUT2D eigenvalue weighted by Crippen LogP contribution is 2.44. The number of hydrogen-bond acceptors (Lipinski definition) is 5. The lowest BCUT2D eigenvalue weighted by molar-refractivity contribution is -0.145. The number of carbonyl (C=O) groups excluding carboxylic acids is 3. The lowest BCUT2D eigenvalue weighted by atomic mass is 9.98. The first-order valence-corrected chi connectivity index (χ1v) is 11.8. The summed E-state index contributed by atoms with van der Waals surface area (Å²) < 4.78 is 5.54. The van der Waals surface area contributed by atoms with Crippen LogP contribution in [0.1, 0.15) is 43.2 Å². The van der Waals surface area contributed by atoms with Crippen molar-refractivity contribution in [3.05, 3.63) is 59.7 Å². The number of alkyl carbamates (subject to hydrolysis) is 1. The normalized spacial score (nSPS) is 17.7. The minimum absolute atomic E-state index is 0.0728. The van der Waals surface area contributed by atoms with Gasteiger partial charge in [0.1, 0.15) is 18.7 Å². The summed E-state index contributed by atoms with van der Waals surface area (Å²) in [6, 6.07) is 14.1. The minimum Gasteiger partial charge on any atom is -0.481 e. The lowest BCUT2D eigenvalue weighted by Gasteiger charge is -2.36. The van der Waals surface area contributed by atoms with Gasteiger partial charge in [-0.25, -0.2) is 4.79 Å². The Morgan fingerprint density at radius 1 is 1.11 bits per heavy atom. The quantitative estimate of drug-likeness (QED) is 0.534. The van der Waals surface area contributed by atoms with Crippen molar-refractivity contribution in [1.29, 1.82) is 0 Å². The van der Waals surface area contributed by atoms with Crippen molar-refractivity contribution in [1.82, 2.24) is 15.5 Å². The van der Waals surface area contributed by atoms with Crippen molar-refractivity contribution in [3.8, 4) is 11.1 Å². The predicted octanol–water partition coefficient (Wildman–Crippen LogP) is 2.50. The maximum absolute atomic E-state index is 13.2. The van der Waals surface area contributed by atoms with Crippen LogP contribution in [0, 0.1) is 0 Å². The number of carboxylic acids is 1. The number of hydrogen-bond donors (Lipinski definition) is 3. The van der Waals surface area contributed by atoms with Gasteiger partial charge in [0.25, 0.3) is 0 Å². The molecule has 3 amide bonds. The molecule has 2 atom stereocenters. The second kappa shape index (κ2) is 10.6. The summed E-state index contributed by atoms with van der Waals surface area (Å²) >= 11 is 0. The van der Waals surface area contributed by atoms with Crippen molar-refractivity contribution >= 4 is 23.9 Å². The van der Waals surface area contributed by atoms with E-state index in [1.807, 2.05) is 48.5 Å². The molecule has 0 aromatic heterocycles. The number of nitrogens with zero attached hydrogens (tertiary/aromatic N) is 1. The highest BCUT2D eigenvalue weighted by atomic mass is 16.5. The zero-order valence-electron chi connectivity index (χ0n) is 19.5. The summed E-state index contributed by atoms with van der Waals surface area (Å²) in [5.74, 6) is -1.97. The molecule has 9 heteroatoms. The van der Waals surface area contributed by atoms with Gasteiger partial charge >= 0.3 is 12.1 Å². The van der Waals surface area contributed by atoms with E-state index in [4.69, 9.17) is 9.84 Å². The van der Waals surface area contributed by atoms with Crippen LogP contribution >= 0.6 is 0 Å². The number of fused-ring (bicyclic) bond motifs is 3. The van der Waals surface area contributed by atoms with Gasteiger partial charge in [0.15, 0.2) is 0 Å². The van der Waals surface area contributed by atoms with E-state index in [1.54, 1.807) is 6.92 Å². The summed E-state index contributed by atoms with van der Waals surface area (Å²) in [5, 5.41) is 14.4. The Kier molecular flexibility index (Phi) is 7.33. The molecule has 184 valence electrons. The van der Waals surface area contributed by atoms with Crippen molar-refractivity contribution < 1.29 is 29.0 Å². The van der Waals surface area contributed by atoms with Gasteiger partial charge in [-0.2, -0.15) is 0 Å². The number of nitrogens with one attached hydrogen (secondary N) is 2. The van der Waals surface area contributed by atoms with Gasteiger partial charge in [0.05, 0.1) is 0 Å². The molecule has 2 unspecified atom stereocenters. The van der Waals surface area contributed by atoms with Gasteiger partial charge in [0, 0.05) is 25.4 Å². The van der Waals surface area contributed by atoms with E-state index in [0.717, 1.165) is 22.3 Å². The largest absolute Gasteiger partial charge is 0.481 e. The number of carbonyl (C=O) groups is 4. The van der Waals surface area contributed by atoms with Crippen molar-refractivity contribution in [3.63, 3.8) is 0 Å². The van der Waals surface area contributed by atoms with Gasteiger partial charge in [-0.05, 0) is 35.1 Å². The Balaban J connectivity index is 1.45. The average Bonchev–Trinajstić information content (AvgIpc) is 3.18. The maximum Gasteiger partial charge on any atom is 0.407 e. The van der Waals surface area contributed by atoms with Crippen molar-refractivity contribution in [2.24, 2.45) is 0 Å². The number of aliphatic carboxylic acids is 1. The molecule has 4 rings (SSSR count). The Labute approximate surface area is 203 Å². The molecule has 2 aromatic rings. The Hall–Kier alpha value is -3.88. The van der Waals surface area contributed by atoms with E-state index in [9.17, 15) is 19.2 Å². The topological polar surface area (TPSA) is 125 Å². The molecule has 0 radical (unpaired) electrons. The molecule has 0 spiro atoms. The van der Waals surface area contributed by atoms with Gasteiger partial charge in [-0.15, -0.1) is 0 Å². The predicted molar refractivity (Wildman–Crippen MR) is 128 cm³/mol. The van der Waals surface area contributed by atoms with Crippen LogP contribution in [0.3, 0.4) is 0 Å². The summed E-state index contributed by atoms with van der Waals surface area (Å²) in [6.45, 7) is 2.46. The molecule has 1 aliphatic carbocycles. The number of ether oxygens (including phenoxy) is 1. The van der Waals surface area contributed by atoms with E-state index in [1.165, 1.54) is 4.90 Å². The Morgan fingerprint density at radius 2 is 1.74 bits per heavy atom. The number of rotatable bonds is 8. The summed E-state index contributed by atoms with van der Waals surface area (Å²) in [7, 11) is 0. The molecule has 35 heavy (non-hydrogen) atoms. The monoisotopic (exact) mass is 479 g/mol. The molecular formula is C26H29N3O6. The third-order valence-electron chi connectivity index (χ3n) is 6.58. The molecule has 3 N–H and O–H groups in total. The molecule has 1 fully saturated rings. The van der Waals surface area contributed by atoms with E-state index in [2.05, 4.69) is 10.6 Å². The number of carboxylic acid groups (broad SMARTS) is 1. The Bertz CT molecular complexity index is 1090. The number of piperazine rings is 1. The van der Waals surface area contributed by atoms with Crippen LogP contribution < -0.4 is 10.6 Å². The van der Waals surface area contributed by atoms with E-state index in [0.29, 0.717) is 19.5 Å². The fourth-order valence-electron chi connectivity index (χ4n) is 4.89. The summed E-state index contributed by atoms with van der Waals surface area (Å²) in [5.41, 5.74) is 4.32. The van der Waals surface area contributed by atoms with Gasteiger partial charge < -0.3 is 25.4 Å². The van der Waals surface area contributed by atoms with Crippen LogP contribution in [0.25, 0.3) is 11.1 Å². The van der Waals surface area contributed by atoms with Crippen molar-refractivity contribution in [2.45, 2.75) is 44.2 Å². The van der Waals surface area contributed by atoms with Crippen LogP contribution in [-0.2, 0) is 19.1 Å². The molecular weight excluding hydrogens is 450 g/mol. The molecule has 2 aromatic carbocycles. The first-order valence-electron chi connectivity index (χ1n) is 11.8. The highest BCUT2D eigenvalue weighted by molar-refractivity contribution is 5.92. The van der Waals surface area contributed by atoms with E-state index in [-0.39, 0.29) is 31.3 Å². The first kappa shape index (κ1) is 24.3. The van der Waals surface area contributed by atoms with Gasteiger partial charge in [0.2, 0.25) is 11.8 Å². The average molecular weight is 480 g/mol. The van der Waals surface area contributed by atoms with Gasteiger partial charge in [-0.1, -0.05) is 55.5 Å². The third kappa shape index (κ3) is 5.13. The third-order valence-corrected chi connectivity index (χ3v) is 6.58. The van der Waals surface area contributed by atoms with Gasteiger partial charge in [-0.3, -0.25) is 14.4 Å². The minimum atomic E-state index is -1.11. The van der Waals surface area contributed by atoms with Crippen LogP contribution in [-0.4, -0.2) is 65.7 Å². The smallest absolute Gasteiger partial charge is 0.407 e. The standard InChI is InChI=1S/C26H29N3O6/c1-2-22-24(32)27-13-14-29(22)25(33)21(11-12-23(30)31)28-26(34)35-15-20-18-9-5-3-7-16(18)17-8-4-6-10-19(17)20/h3-10,20-22H,2,11-15H2,1H3,(H,27,32)(H,28,34)(H,30,31). The number of amides is 3. The maximum atomic E-state index is 13.2. The van der Waals surface area contributed by atoms with Crippen molar-refractivity contribution in [2.75, 3.05) is 19.7 Å². The fraction of sp³-hybridized carbons (Fsp3) is 0.385. The van der Waals surface area contributed by atoms with E-state index < -0.39 is 30.1 Å². The zero-order chi connectivity index (χ0) is 24.9. The number of benzene rings is 2. The molecule has 1 saturated heterocycles.